The zero-order chi connectivity index (χ0) is 90.2. The minimum atomic E-state index is -1.03. The molecule has 8 N–H and O–H groups in total. The third-order valence-electron chi connectivity index (χ3n) is 17.0. The topological polar surface area (TPSA) is 570 Å². The van der Waals surface area contributed by atoms with Gasteiger partial charge in [0.15, 0.2) is 0 Å². The molecule has 0 saturated carbocycles. The van der Waals surface area contributed by atoms with E-state index in [0.29, 0.717) is 147 Å². The van der Waals surface area contributed by atoms with Gasteiger partial charge in [-0.1, -0.05) is 21.5 Å². The van der Waals surface area contributed by atoms with E-state index >= 15 is 0 Å². The van der Waals surface area contributed by atoms with Gasteiger partial charge >= 0.3 is 25.1 Å². The van der Waals surface area contributed by atoms with Gasteiger partial charge in [0.25, 0.3) is 35.4 Å². The number of carbonyl (C=O) groups excluding carboxylic acids is 14. The number of ether oxygens (including phenoxy) is 11. The van der Waals surface area contributed by atoms with Crippen molar-refractivity contribution in [2.24, 2.45) is 10.8 Å². The quantitative estimate of drug-likeness (QED) is 0.00439. The van der Waals surface area contributed by atoms with Gasteiger partial charge in [0.05, 0.1) is 138 Å². The van der Waals surface area contributed by atoms with Gasteiger partial charge in [0.1, 0.15) is 78.4 Å². The van der Waals surface area contributed by atoms with Crippen LogP contribution in [0.5, 0.6) is 17.2 Å². The molecule has 44 nitrogen and oxygen atoms in total. The van der Waals surface area contributed by atoms with E-state index in [1.54, 1.807) is 75.4 Å². The van der Waals surface area contributed by atoms with Crippen molar-refractivity contribution >= 4 is 127 Å². The molecule has 3 atom stereocenters. The number of amides is 14. The number of azide groups is 1. The molecule has 5 aromatic rings. The normalized spacial score (nSPS) is 16.3. The van der Waals surface area contributed by atoms with Gasteiger partial charge in [-0.3, -0.25) is 88.2 Å². The number of alkyl carbamates (subject to hydrolysis) is 2. The van der Waals surface area contributed by atoms with Crippen molar-refractivity contribution in [3.63, 3.8) is 0 Å². The van der Waals surface area contributed by atoms with Gasteiger partial charge in [0, 0.05) is 50.4 Å². The number of nitrogens with zero attached hydrogens (tertiary/aromatic N) is 12. The van der Waals surface area contributed by atoms with Crippen LogP contribution >= 0.6 is 36.2 Å². The van der Waals surface area contributed by atoms with Crippen LogP contribution in [0, 0.1) is 17.7 Å². The molecule has 6 aliphatic heterocycles. The summed E-state index contributed by atoms with van der Waals surface area (Å²) < 4.78 is 67.8. The monoisotopic (exact) mass is 1850 g/mol. The molecule has 3 unspecified atom stereocenters. The number of hydrogen-bond donors (Lipinski definition) is 7. The van der Waals surface area contributed by atoms with Gasteiger partial charge in [0.2, 0.25) is 35.4 Å². The van der Waals surface area contributed by atoms with E-state index < -0.39 is 112 Å². The molecule has 0 aliphatic carbocycles. The number of carbonyl (C=O) groups is 14. The van der Waals surface area contributed by atoms with Crippen molar-refractivity contribution < 1.29 is 119 Å². The average Bonchev–Trinajstić information content (AvgIpc) is 1.62. The van der Waals surface area contributed by atoms with Crippen LogP contribution in [0.2, 0.25) is 0 Å². The summed E-state index contributed by atoms with van der Waals surface area (Å²) in [5, 5.41) is 36.4. The van der Waals surface area contributed by atoms with Crippen LogP contribution in [0.25, 0.3) is 10.4 Å². The second-order valence-corrected chi connectivity index (χ2v) is 28.3. The maximum atomic E-state index is 13.0. The molecule has 663 valence electrons. The van der Waals surface area contributed by atoms with Gasteiger partial charge in [-0.05, 0) is 121 Å². The molecule has 2 aromatic heterocycles. The Kier molecular flexibility index (Phi) is 41.6. The number of fused-ring (bicyclic) bond motifs is 3. The molecule has 123 heavy (non-hydrogen) atoms. The summed E-state index contributed by atoms with van der Waals surface area (Å²) in [6, 6.07) is 10.4. The van der Waals surface area contributed by atoms with E-state index in [9.17, 15) is 67.1 Å². The number of nitrogens with one attached hydrogen (secondary N) is 6. The standard InChI is InChI=1S/C27H34N6O9.C22H26N6O7.C16H12N2O5.C11H22N4O4.BHN.ClH.HI/c1-27(2,3)42-26(38)28-8-10-39-12-13-40-11-9-32-15-17(30-31-32)16-41-18-4-5-19-20(14-18)25(37)33(24(19)36)21-6-7-22(34)29-23(21)35;23-5-7-33-9-10-34-8-6-27-12-14(25-26-27)13-35-15-1-2-16-17(11-15)22(32)28(21(16)31)18-3-4-19(29)24-20(18)30;1-2-7-23-9-3-4-10-11(8-9)16(22)18(15(10)21)12-5-6-13(19)17-14(12)20;1-11(2,3)19-10(16)13-4-6-17-8-9-18-7-5-14-15-12;1-2;;/h4-5,14-15,21H,6-13,16H2,1-3H3,(H,28,38)(H,29,34,35);1-2,11-12,18H,3-10,13,23H2,(H,24,29,30);1,3-4,8,12H,5-7H2,(H,17,19,20);4-9H2,1-3H3,(H,13,16);2H;2*1H/i/hD. The zero-order valence-electron chi connectivity index (χ0n) is 69.3. The Morgan fingerprint density at radius 3 is 1.19 bits per heavy atom. The molecule has 3 saturated heterocycles. The van der Waals surface area contributed by atoms with Crippen LogP contribution in [0.4, 0.5) is 9.59 Å². The molecule has 8 heterocycles. The maximum absolute atomic E-state index is 13.0. The second-order valence-electron chi connectivity index (χ2n) is 28.3. The van der Waals surface area contributed by atoms with Crippen LogP contribution in [0.3, 0.4) is 0 Å². The fraction of sp³-hybridized carbons (Fsp3) is 0.500. The number of piperidine rings is 3. The molecule has 0 spiro atoms. The van der Waals surface area contributed by atoms with Crippen molar-refractivity contribution in [2.75, 3.05) is 112 Å². The predicted octanol–water partition coefficient (Wildman–Crippen LogP) is 2.98. The summed E-state index contributed by atoms with van der Waals surface area (Å²) in [4.78, 5) is 175. The van der Waals surface area contributed by atoms with Gasteiger partial charge < -0.3 is 68.5 Å². The average molecular weight is 1850 g/mol. The third-order valence-corrected chi connectivity index (χ3v) is 17.0. The Morgan fingerprint density at radius 1 is 0.537 bits per heavy atom. The Morgan fingerprint density at radius 2 is 0.862 bits per heavy atom. The van der Waals surface area contributed by atoms with Crippen molar-refractivity contribution in [3.05, 3.63) is 122 Å². The third kappa shape index (κ3) is 31.9. The number of imide groups is 6. The molecular formula is C76H97BClIN19O25. The van der Waals surface area contributed by atoms with Gasteiger partial charge in [-0.15, -0.1) is 52.8 Å². The minimum absolute atomic E-state index is 0. The first-order valence-electron chi connectivity index (χ1n) is 38.4. The number of halogens is 2. The zero-order valence-corrected chi connectivity index (χ0v) is 71.2. The summed E-state index contributed by atoms with van der Waals surface area (Å²) in [7, 11) is 3.75. The van der Waals surface area contributed by atoms with Crippen LogP contribution in [-0.2, 0) is 93.0 Å². The molecule has 0 bridgehead atoms. The van der Waals surface area contributed by atoms with Crippen LogP contribution in [0.15, 0.2) is 72.1 Å². The van der Waals surface area contributed by atoms with Crippen molar-refractivity contribution in [3.8, 4) is 29.6 Å². The summed E-state index contributed by atoms with van der Waals surface area (Å²) in [6.07, 6.45) is 8.10. The fourth-order valence-corrected chi connectivity index (χ4v) is 11.7. The first kappa shape index (κ1) is 100. The second kappa shape index (κ2) is 51.2. The number of aromatic nitrogens is 6. The first-order valence-corrected chi connectivity index (χ1v) is 38.0. The fourth-order valence-electron chi connectivity index (χ4n) is 11.7. The van der Waals surface area contributed by atoms with E-state index in [1.165, 1.54) is 66.2 Å². The van der Waals surface area contributed by atoms with Crippen molar-refractivity contribution in [1.29, 1.82) is 5.91 Å². The van der Waals surface area contributed by atoms with E-state index in [2.05, 4.69) is 70.8 Å². The number of hydrogen-bond acceptors (Lipinski definition) is 32. The summed E-state index contributed by atoms with van der Waals surface area (Å²) in [5.74, 6) is -3.31. The summed E-state index contributed by atoms with van der Waals surface area (Å²) in [5.41, 5.74) is 14.4. The Labute approximate surface area is 730 Å². The van der Waals surface area contributed by atoms with E-state index in [1.807, 2.05) is 0 Å². The molecule has 3 aromatic carbocycles. The van der Waals surface area contributed by atoms with E-state index in [4.69, 9.17) is 75.7 Å². The molecule has 14 amide bonds. The van der Waals surface area contributed by atoms with Crippen molar-refractivity contribution in [2.45, 2.75) is 136 Å². The molecular weight excluding hydrogens is 1750 g/mol. The Balaban J connectivity index is 0.000000301. The van der Waals surface area contributed by atoms with Gasteiger partial charge in [-0.2, -0.15) is 0 Å². The number of nitrogens with two attached hydrogens (primary N) is 1. The summed E-state index contributed by atoms with van der Waals surface area (Å²) >= 11 is 1.40. The molecule has 6 aliphatic rings. The van der Waals surface area contributed by atoms with Crippen molar-refractivity contribution in [1.82, 2.24) is 71.3 Å². The molecule has 11 rings (SSSR count). The molecule has 3 fully saturated rings. The number of rotatable bonds is 37. The van der Waals surface area contributed by atoms with Gasteiger partial charge in [-0.25, -0.2) is 19.0 Å². The van der Waals surface area contributed by atoms with E-state index in [0.717, 1.165) is 14.7 Å². The Bertz CT molecular complexity index is 4650. The van der Waals surface area contributed by atoms with Crippen LogP contribution in [-0.4, -0.2) is 277 Å². The van der Waals surface area contributed by atoms with Crippen LogP contribution < -0.4 is 46.5 Å². The number of terminal acetylenes is 1. The molecule has 47 heteroatoms. The number of benzene rings is 3. The van der Waals surface area contributed by atoms with Crippen LogP contribution in [0.1, 0.15) is 154 Å². The predicted molar refractivity (Wildman–Crippen MR) is 440 cm³/mol. The SMILES string of the molecule is C#CCOc1ccc2c(c1)C(=O)N(C1CCC(=O)NC1=O)C2=O.CC(C)(C)OC(=O)NCCOCCOCCN=[N+]=[N-].CC(C)(C)OC(=O)NCCOCCOCCn1cc(COc2ccc3c(c2)C(=O)N(C2CCC(=O)NC2=O)C3=O)nn1.Cl.NCCOCCOCCn1cc(COc2ccc3c(c2)C(=O)N(C2CCC(=O)NC2=O)C3=O)nn1.[2H]I.[B]=N. The van der Waals surface area contributed by atoms with E-state index in [-0.39, 0.29) is 104 Å². The summed E-state index contributed by atoms with van der Waals surface area (Å²) in [6.45, 7) is 18.4. The first-order chi connectivity index (χ1) is 59.0. The Hall–Kier alpha value is -11.8. The molecule has 1 radical (unpaired) electrons.